The van der Waals surface area contributed by atoms with Crippen LogP contribution in [0, 0.1) is 6.54 Å². The number of aromatic nitrogens is 1. The lowest BCUT2D eigenvalue weighted by atomic mass is 10.2. The third-order valence-electron chi connectivity index (χ3n) is 2.48. The van der Waals surface area contributed by atoms with E-state index in [1.54, 1.807) is 0 Å². The van der Waals surface area contributed by atoms with Gasteiger partial charge in [0.1, 0.15) is 0 Å². The molecular formula is C11H16N3. The molecule has 0 saturated carbocycles. The van der Waals surface area contributed by atoms with Crippen LogP contribution in [0.15, 0.2) is 24.4 Å². The van der Waals surface area contributed by atoms with Gasteiger partial charge in [0.05, 0.1) is 0 Å². The number of rotatable bonds is 3. The maximum absolute atomic E-state index is 4.31. The molecule has 3 heteroatoms. The summed E-state index contributed by atoms with van der Waals surface area (Å²) in [6.07, 6.45) is 2.91. The highest BCUT2D eigenvalue weighted by atomic mass is 15.2. The van der Waals surface area contributed by atoms with Crippen molar-refractivity contribution in [3.05, 3.63) is 36.6 Å². The van der Waals surface area contributed by atoms with E-state index < -0.39 is 0 Å². The van der Waals surface area contributed by atoms with Crippen molar-refractivity contribution in [1.82, 2.24) is 15.2 Å². The van der Waals surface area contributed by atoms with E-state index in [0.29, 0.717) is 0 Å². The SMILES string of the molecule is [CH]1CN(CCc2ccccn2)CCN1. The Hall–Kier alpha value is -0.930. The highest BCUT2D eigenvalue weighted by Crippen LogP contribution is 1.99. The molecule has 0 unspecified atom stereocenters. The van der Waals surface area contributed by atoms with Gasteiger partial charge in [0, 0.05) is 51.0 Å². The molecule has 1 radical (unpaired) electrons. The number of piperazine rings is 1. The summed E-state index contributed by atoms with van der Waals surface area (Å²) in [5, 5.41) is 3.23. The Balaban J connectivity index is 1.76. The summed E-state index contributed by atoms with van der Waals surface area (Å²) in [6, 6.07) is 6.10. The zero-order chi connectivity index (χ0) is 9.64. The second-order valence-electron chi connectivity index (χ2n) is 3.53. The number of pyridine rings is 1. The Bertz CT molecular complexity index is 254. The number of hydrogen-bond donors (Lipinski definition) is 1. The molecular weight excluding hydrogens is 174 g/mol. The van der Waals surface area contributed by atoms with Crippen molar-refractivity contribution in [3.63, 3.8) is 0 Å². The van der Waals surface area contributed by atoms with Gasteiger partial charge in [0.15, 0.2) is 0 Å². The van der Waals surface area contributed by atoms with E-state index in [1.165, 1.54) is 5.69 Å². The molecule has 2 rings (SSSR count). The van der Waals surface area contributed by atoms with Crippen molar-refractivity contribution in [1.29, 1.82) is 0 Å². The van der Waals surface area contributed by atoms with E-state index in [4.69, 9.17) is 0 Å². The fourth-order valence-corrected chi connectivity index (χ4v) is 1.63. The topological polar surface area (TPSA) is 28.2 Å². The molecule has 1 aromatic heterocycles. The molecule has 1 fully saturated rings. The fraction of sp³-hybridized carbons (Fsp3) is 0.455. The molecule has 3 nitrogen and oxygen atoms in total. The monoisotopic (exact) mass is 190 g/mol. The van der Waals surface area contributed by atoms with Gasteiger partial charge < -0.3 is 10.2 Å². The molecule has 1 aliphatic rings. The van der Waals surface area contributed by atoms with Crippen molar-refractivity contribution in [2.45, 2.75) is 6.42 Å². The zero-order valence-electron chi connectivity index (χ0n) is 8.32. The van der Waals surface area contributed by atoms with Crippen molar-refractivity contribution in [2.24, 2.45) is 0 Å². The lowest BCUT2D eigenvalue weighted by Crippen LogP contribution is -2.41. The summed E-state index contributed by atoms with van der Waals surface area (Å²) in [5.41, 5.74) is 1.19. The van der Waals surface area contributed by atoms with Crippen LogP contribution in [-0.4, -0.2) is 36.1 Å². The van der Waals surface area contributed by atoms with Crippen LogP contribution in [0.3, 0.4) is 0 Å². The first kappa shape index (κ1) is 9.62. The quantitative estimate of drug-likeness (QED) is 0.760. The van der Waals surface area contributed by atoms with Gasteiger partial charge in [-0.25, -0.2) is 0 Å². The lowest BCUT2D eigenvalue weighted by Gasteiger charge is -2.26. The Kier molecular flexibility index (Phi) is 3.49. The Labute approximate surface area is 85.1 Å². The van der Waals surface area contributed by atoms with Crippen LogP contribution in [-0.2, 0) is 6.42 Å². The summed E-state index contributed by atoms with van der Waals surface area (Å²) in [4.78, 5) is 6.75. The Morgan fingerprint density at radius 1 is 1.43 bits per heavy atom. The summed E-state index contributed by atoms with van der Waals surface area (Å²) in [5.74, 6) is 0. The predicted octanol–water partition coefficient (Wildman–Crippen LogP) is 0.691. The smallest absolute Gasteiger partial charge is 0.0416 e. The molecule has 75 valence electrons. The highest BCUT2D eigenvalue weighted by Gasteiger charge is 2.08. The van der Waals surface area contributed by atoms with Crippen LogP contribution >= 0.6 is 0 Å². The number of nitrogens with one attached hydrogen (secondary N) is 1. The van der Waals surface area contributed by atoms with Crippen LogP contribution in [0.5, 0.6) is 0 Å². The van der Waals surface area contributed by atoms with Crippen LogP contribution in [0.1, 0.15) is 5.69 Å². The summed E-state index contributed by atoms with van der Waals surface area (Å²) in [7, 11) is 0. The molecule has 1 N–H and O–H groups in total. The van der Waals surface area contributed by atoms with E-state index in [0.717, 1.165) is 32.6 Å². The Morgan fingerprint density at radius 3 is 3.14 bits per heavy atom. The molecule has 1 aromatic rings. The molecule has 2 heterocycles. The summed E-state index contributed by atoms with van der Waals surface area (Å²) in [6.45, 7) is 6.50. The van der Waals surface area contributed by atoms with Crippen molar-refractivity contribution in [3.8, 4) is 0 Å². The van der Waals surface area contributed by atoms with Crippen LogP contribution in [0.4, 0.5) is 0 Å². The third kappa shape index (κ3) is 2.79. The minimum absolute atomic E-state index is 1.05. The third-order valence-corrected chi connectivity index (χ3v) is 2.48. The second kappa shape index (κ2) is 5.08. The maximum atomic E-state index is 4.31. The molecule has 0 atom stereocenters. The van der Waals surface area contributed by atoms with Gasteiger partial charge >= 0.3 is 0 Å². The first-order valence-electron chi connectivity index (χ1n) is 5.12. The summed E-state index contributed by atoms with van der Waals surface area (Å²) >= 11 is 0. The van der Waals surface area contributed by atoms with Crippen LogP contribution in [0.25, 0.3) is 0 Å². The molecule has 1 saturated heterocycles. The van der Waals surface area contributed by atoms with Gasteiger partial charge in [0.25, 0.3) is 0 Å². The molecule has 1 aliphatic heterocycles. The van der Waals surface area contributed by atoms with Gasteiger partial charge in [-0.3, -0.25) is 4.98 Å². The molecule has 14 heavy (non-hydrogen) atoms. The first-order chi connectivity index (χ1) is 6.95. The van der Waals surface area contributed by atoms with E-state index in [-0.39, 0.29) is 0 Å². The molecule has 0 aliphatic carbocycles. The maximum Gasteiger partial charge on any atom is 0.0416 e. The van der Waals surface area contributed by atoms with Crippen molar-refractivity contribution in [2.75, 3.05) is 26.2 Å². The average molecular weight is 190 g/mol. The minimum atomic E-state index is 1.05. The van der Waals surface area contributed by atoms with E-state index in [2.05, 4.69) is 27.8 Å². The van der Waals surface area contributed by atoms with Gasteiger partial charge in [0.2, 0.25) is 0 Å². The van der Waals surface area contributed by atoms with Gasteiger partial charge in [-0.15, -0.1) is 0 Å². The van der Waals surface area contributed by atoms with E-state index in [1.807, 2.05) is 18.3 Å². The standard InChI is InChI=1S/C11H16N3/c1-2-5-13-11(3-1)4-8-14-9-6-12-7-10-14/h1-3,5-6,12H,4,7-10H2. The van der Waals surface area contributed by atoms with Crippen molar-refractivity contribution >= 4 is 0 Å². The van der Waals surface area contributed by atoms with Crippen LogP contribution < -0.4 is 5.32 Å². The normalized spacial score (nSPS) is 18.3. The molecule has 0 bridgehead atoms. The first-order valence-corrected chi connectivity index (χ1v) is 5.12. The zero-order valence-corrected chi connectivity index (χ0v) is 8.32. The van der Waals surface area contributed by atoms with E-state index in [9.17, 15) is 0 Å². The molecule has 0 spiro atoms. The summed E-state index contributed by atoms with van der Waals surface area (Å²) < 4.78 is 0. The van der Waals surface area contributed by atoms with Gasteiger partial charge in [-0.05, 0) is 12.1 Å². The van der Waals surface area contributed by atoms with Gasteiger partial charge in [-0.2, -0.15) is 0 Å². The number of hydrogen-bond acceptors (Lipinski definition) is 3. The van der Waals surface area contributed by atoms with Crippen molar-refractivity contribution < 1.29 is 0 Å². The lowest BCUT2D eigenvalue weighted by molar-refractivity contribution is 0.266. The molecule has 0 amide bonds. The minimum Gasteiger partial charge on any atom is -0.310 e. The largest absolute Gasteiger partial charge is 0.310 e. The highest BCUT2D eigenvalue weighted by molar-refractivity contribution is 5.03. The average Bonchev–Trinajstić information content (AvgIpc) is 2.29. The Morgan fingerprint density at radius 2 is 2.43 bits per heavy atom. The second-order valence-corrected chi connectivity index (χ2v) is 3.53. The van der Waals surface area contributed by atoms with Gasteiger partial charge in [-0.1, -0.05) is 6.07 Å². The van der Waals surface area contributed by atoms with Crippen LogP contribution in [0.2, 0.25) is 0 Å². The molecule has 0 aromatic carbocycles. The fourth-order valence-electron chi connectivity index (χ4n) is 1.63. The number of nitrogens with zero attached hydrogens (tertiary/aromatic N) is 2. The van der Waals surface area contributed by atoms with E-state index >= 15 is 0 Å². The predicted molar refractivity (Wildman–Crippen MR) is 56.7 cm³/mol.